The van der Waals surface area contributed by atoms with Gasteiger partial charge in [0.1, 0.15) is 11.5 Å². The molecular weight excluding hydrogens is 428 g/mol. The van der Waals surface area contributed by atoms with Gasteiger partial charge in [-0.25, -0.2) is 9.97 Å². The van der Waals surface area contributed by atoms with Crippen molar-refractivity contribution in [2.45, 2.75) is 13.1 Å². The zero-order valence-corrected chi connectivity index (χ0v) is 19.0. The first-order valence-electron chi connectivity index (χ1n) is 11.5. The maximum Gasteiger partial charge on any atom is 0.251 e. The van der Waals surface area contributed by atoms with Crippen LogP contribution in [0.2, 0.25) is 0 Å². The van der Waals surface area contributed by atoms with Crippen molar-refractivity contribution in [2.75, 3.05) is 43.4 Å². The highest BCUT2D eigenvalue weighted by molar-refractivity contribution is 6.00. The number of carbonyl (C=O) groups excluding carboxylic acids is 1. The van der Waals surface area contributed by atoms with Crippen LogP contribution in [-0.4, -0.2) is 64.0 Å². The summed E-state index contributed by atoms with van der Waals surface area (Å²) < 4.78 is 0. The summed E-state index contributed by atoms with van der Waals surface area (Å²) in [5.74, 6) is 1.58. The molecule has 3 N–H and O–H groups in total. The fraction of sp³-hybridized carbons (Fsp3) is 0.280. The Morgan fingerprint density at radius 2 is 1.91 bits per heavy atom. The Labute approximate surface area is 197 Å². The van der Waals surface area contributed by atoms with E-state index in [1.54, 1.807) is 0 Å². The fourth-order valence-corrected chi connectivity index (χ4v) is 4.56. The quantitative estimate of drug-likeness (QED) is 0.426. The predicted octanol–water partition coefficient (Wildman–Crippen LogP) is 2.63. The van der Waals surface area contributed by atoms with Crippen LogP contribution in [-0.2, 0) is 13.1 Å². The van der Waals surface area contributed by atoms with Crippen LogP contribution in [0, 0.1) is 0 Å². The zero-order valence-electron chi connectivity index (χ0n) is 19.0. The van der Waals surface area contributed by atoms with Gasteiger partial charge >= 0.3 is 0 Å². The molecule has 2 aliphatic rings. The van der Waals surface area contributed by atoms with E-state index >= 15 is 0 Å². The number of piperazine rings is 1. The van der Waals surface area contributed by atoms with E-state index < -0.39 is 0 Å². The van der Waals surface area contributed by atoms with E-state index in [4.69, 9.17) is 0 Å². The van der Waals surface area contributed by atoms with Crippen LogP contribution >= 0.6 is 0 Å². The molecule has 0 spiro atoms. The maximum absolute atomic E-state index is 11.8. The van der Waals surface area contributed by atoms with Gasteiger partial charge in [-0.2, -0.15) is 4.98 Å². The summed E-state index contributed by atoms with van der Waals surface area (Å²) in [5, 5.41) is 7.11. The summed E-state index contributed by atoms with van der Waals surface area (Å²) in [4.78, 5) is 33.6. The number of anilines is 2. The average Bonchev–Trinajstić information content (AvgIpc) is 3.46. The first-order valence-corrected chi connectivity index (χ1v) is 11.5. The highest BCUT2D eigenvalue weighted by Gasteiger charge is 2.20. The lowest BCUT2D eigenvalue weighted by atomic mass is 10.0. The summed E-state index contributed by atoms with van der Waals surface area (Å²) >= 11 is 0. The summed E-state index contributed by atoms with van der Waals surface area (Å²) in [7, 11) is 2.15. The number of carbonyl (C=O) groups is 1. The molecule has 1 amide bonds. The minimum atomic E-state index is -0.0105. The van der Waals surface area contributed by atoms with E-state index in [1.165, 1.54) is 0 Å². The Morgan fingerprint density at radius 1 is 1.03 bits per heavy atom. The number of pyridine rings is 1. The van der Waals surface area contributed by atoms with E-state index in [1.807, 2.05) is 30.7 Å². The van der Waals surface area contributed by atoms with Crippen molar-refractivity contribution in [3.63, 3.8) is 0 Å². The number of hydrogen-bond acceptors (Lipinski definition) is 7. The van der Waals surface area contributed by atoms with Crippen molar-refractivity contribution in [1.82, 2.24) is 30.2 Å². The number of hydrogen-bond donors (Lipinski definition) is 3. The van der Waals surface area contributed by atoms with Gasteiger partial charge in [0, 0.05) is 74.4 Å². The smallest absolute Gasteiger partial charge is 0.251 e. The van der Waals surface area contributed by atoms with Crippen molar-refractivity contribution in [3.8, 4) is 11.1 Å². The lowest BCUT2D eigenvalue weighted by molar-refractivity contribution is 0.0966. The highest BCUT2D eigenvalue weighted by Crippen LogP contribution is 2.30. The number of amides is 1. The standard InChI is InChI=1S/C25H26N8O/c1-32-6-8-33(9-7-32)22-5-2-16(11-26-22)12-29-25-30-15-21-20(14-27-23(21)31-25)17-3-4-19-18(10-17)13-28-24(19)34/h2-5,10-11,14-15H,6-9,12-13H2,1H3,(H,28,34)(H2,27,29,30,31). The molecule has 0 atom stereocenters. The molecule has 2 aliphatic heterocycles. The second-order valence-electron chi connectivity index (χ2n) is 8.88. The van der Waals surface area contributed by atoms with Crippen molar-refractivity contribution in [1.29, 1.82) is 0 Å². The van der Waals surface area contributed by atoms with Crippen LogP contribution in [0.15, 0.2) is 48.9 Å². The molecule has 3 aromatic heterocycles. The van der Waals surface area contributed by atoms with Crippen LogP contribution in [0.4, 0.5) is 11.8 Å². The first kappa shape index (κ1) is 20.6. The number of nitrogens with one attached hydrogen (secondary N) is 3. The molecule has 9 heteroatoms. The van der Waals surface area contributed by atoms with Crippen molar-refractivity contribution in [2.24, 2.45) is 0 Å². The largest absolute Gasteiger partial charge is 0.354 e. The van der Waals surface area contributed by atoms with Gasteiger partial charge in [-0.1, -0.05) is 12.1 Å². The monoisotopic (exact) mass is 454 g/mol. The van der Waals surface area contributed by atoms with Gasteiger partial charge in [0.15, 0.2) is 0 Å². The van der Waals surface area contributed by atoms with Crippen LogP contribution < -0.4 is 15.5 Å². The number of nitrogens with zero attached hydrogens (tertiary/aromatic N) is 5. The number of aromatic amines is 1. The van der Waals surface area contributed by atoms with E-state index in [-0.39, 0.29) is 5.91 Å². The summed E-state index contributed by atoms with van der Waals surface area (Å²) in [6.07, 6.45) is 5.69. The Bertz CT molecular complexity index is 1360. The number of rotatable bonds is 5. The van der Waals surface area contributed by atoms with Gasteiger partial charge < -0.3 is 25.4 Å². The van der Waals surface area contributed by atoms with Gasteiger partial charge in [0.05, 0.1) is 0 Å². The molecule has 0 saturated carbocycles. The van der Waals surface area contributed by atoms with Gasteiger partial charge in [0.2, 0.25) is 5.95 Å². The van der Waals surface area contributed by atoms with Gasteiger partial charge in [-0.15, -0.1) is 0 Å². The van der Waals surface area contributed by atoms with Crippen molar-refractivity contribution >= 4 is 28.7 Å². The van der Waals surface area contributed by atoms with E-state index in [2.05, 4.69) is 65.6 Å². The van der Waals surface area contributed by atoms with E-state index in [0.29, 0.717) is 19.0 Å². The Morgan fingerprint density at radius 3 is 2.74 bits per heavy atom. The number of benzene rings is 1. The molecule has 0 radical (unpaired) electrons. The second-order valence-corrected chi connectivity index (χ2v) is 8.88. The Hall–Kier alpha value is -3.98. The minimum Gasteiger partial charge on any atom is -0.354 e. The third-order valence-electron chi connectivity index (χ3n) is 6.62. The molecule has 6 rings (SSSR count). The third-order valence-corrected chi connectivity index (χ3v) is 6.62. The van der Waals surface area contributed by atoms with Crippen LogP contribution in [0.3, 0.4) is 0 Å². The number of aromatic nitrogens is 4. The van der Waals surface area contributed by atoms with E-state index in [9.17, 15) is 4.79 Å². The molecule has 5 heterocycles. The molecule has 4 aromatic rings. The van der Waals surface area contributed by atoms with Crippen LogP contribution in [0.25, 0.3) is 22.2 Å². The second kappa shape index (κ2) is 8.42. The molecule has 0 aliphatic carbocycles. The topological polar surface area (TPSA) is 102 Å². The molecule has 1 aromatic carbocycles. The molecule has 0 bridgehead atoms. The molecular formula is C25H26N8O. The van der Waals surface area contributed by atoms with Crippen molar-refractivity contribution in [3.05, 3.63) is 65.6 Å². The lowest BCUT2D eigenvalue weighted by Crippen LogP contribution is -2.44. The first-order chi connectivity index (χ1) is 16.6. The van der Waals surface area contributed by atoms with Crippen LogP contribution in [0.5, 0.6) is 0 Å². The molecule has 1 fully saturated rings. The molecule has 0 unspecified atom stereocenters. The average molecular weight is 455 g/mol. The number of fused-ring (bicyclic) bond motifs is 2. The fourth-order valence-electron chi connectivity index (χ4n) is 4.56. The zero-order chi connectivity index (χ0) is 23.1. The van der Waals surface area contributed by atoms with Gasteiger partial charge in [0.25, 0.3) is 5.91 Å². The molecule has 9 nitrogen and oxygen atoms in total. The third kappa shape index (κ3) is 3.84. The van der Waals surface area contributed by atoms with Gasteiger partial charge in [-0.05, 0) is 41.9 Å². The normalized spacial score (nSPS) is 16.0. The predicted molar refractivity (Wildman–Crippen MR) is 132 cm³/mol. The van der Waals surface area contributed by atoms with Gasteiger partial charge in [-0.3, -0.25) is 4.79 Å². The van der Waals surface area contributed by atoms with E-state index in [0.717, 1.165) is 70.8 Å². The number of H-pyrrole nitrogens is 1. The number of likely N-dealkylation sites (N-methyl/N-ethyl adjacent to an activating group) is 1. The lowest BCUT2D eigenvalue weighted by Gasteiger charge is -2.33. The molecule has 34 heavy (non-hydrogen) atoms. The maximum atomic E-state index is 11.8. The Balaban J connectivity index is 1.14. The minimum absolute atomic E-state index is 0.0105. The summed E-state index contributed by atoms with van der Waals surface area (Å²) in [6, 6.07) is 10.1. The Kier molecular flexibility index (Phi) is 5.10. The molecule has 1 saturated heterocycles. The molecule has 172 valence electrons. The van der Waals surface area contributed by atoms with Crippen molar-refractivity contribution < 1.29 is 4.79 Å². The summed E-state index contributed by atoms with van der Waals surface area (Å²) in [5.41, 5.74) is 5.67. The highest BCUT2D eigenvalue weighted by atomic mass is 16.1. The van der Waals surface area contributed by atoms with Crippen LogP contribution in [0.1, 0.15) is 21.5 Å². The SMILES string of the molecule is CN1CCN(c2ccc(CNc3ncc4c(-c5ccc6c(c5)CNC6=O)c[nH]c4n3)cn2)CC1. The summed E-state index contributed by atoms with van der Waals surface area (Å²) in [6.45, 7) is 5.31.